The summed E-state index contributed by atoms with van der Waals surface area (Å²) in [5.41, 5.74) is 2.19. The first-order chi connectivity index (χ1) is 9.49. The number of aryl methyl sites for hydroxylation is 1. The van der Waals surface area contributed by atoms with Crippen molar-refractivity contribution >= 4 is 5.97 Å². The van der Waals surface area contributed by atoms with Crippen LogP contribution in [0.4, 0.5) is 0 Å². The Morgan fingerprint density at radius 1 is 1.35 bits per heavy atom. The smallest absolute Gasteiger partial charge is 0.360 e. The summed E-state index contributed by atoms with van der Waals surface area (Å²) in [6.45, 7) is 8.20. The molecule has 2 rings (SSSR count). The van der Waals surface area contributed by atoms with Crippen molar-refractivity contribution in [2.24, 2.45) is 5.92 Å². The van der Waals surface area contributed by atoms with E-state index >= 15 is 0 Å². The lowest BCUT2D eigenvalue weighted by Crippen LogP contribution is -2.12. The second kappa shape index (κ2) is 5.81. The van der Waals surface area contributed by atoms with E-state index in [1.165, 1.54) is 0 Å². The van der Waals surface area contributed by atoms with Crippen LogP contribution in [0.2, 0.25) is 0 Å². The fourth-order valence-electron chi connectivity index (χ4n) is 1.54. The van der Waals surface area contributed by atoms with Gasteiger partial charge < -0.3 is 4.74 Å². The number of hydrogen-bond donors (Lipinski definition) is 0. The minimum atomic E-state index is -0.461. The van der Waals surface area contributed by atoms with E-state index in [-0.39, 0.29) is 11.6 Å². The highest BCUT2D eigenvalue weighted by Gasteiger charge is 2.19. The van der Waals surface area contributed by atoms with E-state index in [0.717, 1.165) is 0 Å². The highest BCUT2D eigenvalue weighted by molar-refractivity contribution is 5.88. The third kappa shape index (κ3) is 3.01. The molecule has 108 valence electrons. The number of nitrogens with zero attached hydrogens (tertiary/aromatic N) is 5. The molecule has 20 heavy (non-hydrogen) atoms. The highest BCUT2D eigenvalue weighted by atomic mass is 16.6. The predicted octanol–water partition coefficient (Wildman–Crippen LogP) is 1.14. The second-order valence-corrected chi connectivity index (χ2v) is 4.97. The number of aromatic nitrogens is 5. The molecule has 0 unspecified atom stereocenters. The Bertz CT molecular complexity index is 602. The lowest BCUT2D eigenvalue weighted by Gasteiger charge is -2.05. The first-order valence-electron chi connectivity index (χ1n) is 6.34. The molecular formula is C12H17N5O3. The Hall–Kier alpha value is -2.25. The second-order valence-electron chi connectivity index (χ2n) is 4.97. The van der Waals surface area contributed by atoms with Gasteiger partial charge in [0.1, 0.15) is 11.4 Å². The molecule has 0 aliphatic heterocycles. The van der Waals surface area contributed by atoms with Crippen LogP contribution in [-0.4, -0.2) is 37.9 Å². The van der Waals surface area contributed by atoms with Gasteiger partial charge in [-0.1, -0.05) is 29.4 Å². The highest BCUT2D eigenvalue weighted by Crippen LogP contribution is 2.10. The maximum atomic E-state index is 11.9. The zero-order chi connectivity index (χ0) is 14.7. The van der Waals surface area contributed by atoms with Crippen molar-refractivity contribution < 1.29 is 14.2 Å². The lowest BCUT2D eigenvalue weighted by atomic mass is 10.2. The van der Waals surface area contributed by atoms with Gasteiger partial charge >= 0.3 is 5.97 Å². The average Bonchev–Trinajstić information content (AvgIpc) is 2.95. The van der Waals surface area contributed by atoms with Crippen molar-refractivity contribution in [2.75, 3.05) is 6.61 Å². The molecule has 2 aromatic rings. The minimum absolute atomic E-state index is 0.222. The van der Waals surface area contributed by atoms with Gasteiger partial charge in [0.25, 0.3) is 0 Å². The van der Waals surface area contributed by atoms with Gasteiger partial charge in [0.15, 0.2) is 5.69 Å². The maximum Gasteiger partial charge on any atom is 0.360 e. The molecule has 0 fully saturated rings. The standard InChI is InChI=1S/C12H17N5O3/c1-7(2)6-19-12(18)11-9(4)17(16-13-11)5-10-8(3)14-20-15-10/h7H,5-6H2,1-4H3. The summed E-state index contributed by atoms with van der Waals surface area (Å²) in [7, 11) is 0. The summed E-state index contributed by atoms with van der Waals surface area (Å²) in [5.74, 6) is -0.185. The Morgan fingerprint density at radius 2 is 2.10 bits per heavy atom. The van der Waals surface area contributed by atoms with E-state index in [2.05, 4.69) is 25.3 Å². The van der Waals surface area contributed by atoms with Crippen LogP contribution in [0.1, 0.15) is 41.4 Å². The van der Waals surface area contributed by atoms with E-state index in [1.54, 1.807) is 18.5 Å². The minimum Gasteiger partial charge on any atom is -0.461 e. The number of carbonyl (C=O) groups is 1. The van der Waals surface area contributed by atoms with Crippen LogP contribution in [0.15, 0.2) is 4.63 Å². The maximum absolute atomic E-state index is 11.9. The van der Waals surface area contributed by atoms with Crippen molar-refractivity contribution in [2.45, 2.75) is 34.2 Å². The molecule has 0 aromatic carbocycles. The van der Waals surface area contributed by atoms with Crippen molar-refractivity contribution in [1.82, 2.24) is 25.3 Å². The van der Waals surface area contributed by atoms with Crippen LogP contribution in [0, 0.1) is 19.8 Å². The van der Waals surface area contributed by atoms with Crippen molar-refractivity contribution in [3.63, 3.8) is 0 Å². The fraction of sp³-hybridized carbons (Fsp3) is 0.583. The largest absolute Gasteiger partial charge is 0.461 e. The van der Waals surface area contributed by atoms with Crippen molar-refractivity contribution in [3.8, 4) is 0 Å². The molecule has 8 heteroatoms. The van der Waals surface area contributed by atoms with Crippen LogP contribution in [0.3, 0.4) is 0 Å². The fourth-order valence-corrected chi connectivity index (χ4v) is 1.54. The van der Waals surface area contributed by atoms with Crippen molar-refractivity contribution in [3.05, 3.63) is 22.8 Å². The van der Waals surface area contributed by atoms with E-state index in [9.17, 15) is 4.79 Å². The molecule has 0 aliphatic carbocycles. The summed E-state index contributed by atoms with van der Waals surface area (Å²) in [5, 5.41) is 15.3. The van der Waals surface area contributed by atoms with Gasteiger partial charge in [0.05, 0.1) is 18.8 Å². The Morgan fingerprint density at radius 3 is 2.70 bits per heavy atom. The molecule has 2 aromatic heterocycles. The van der Waals surface area contributed by atoms with Crippen LogP contribution >= 0.6 is 0 Å². The van der Waals surface area contributed by atoms with Crippen LogP contribution < -0.4 is 0 Å². The summed E-state index contributed by atoms with van der Waals surface area (Å²) >= 11 is 0. The number of carbonyl (C=O) groups excluding carboxylic acids is 1. The molecule has 2 heterocycles. The molecule has 0 amide bonds. The Kier molecular flexibility index (Phi) is 4.11. The summed E-state index contributed by atoms with van der Waals surface area (Å²) in [6.07, 6.45) is 0. The third-order valence-corrected chi connectivity index (χ3v) is 2.77. The van der Waals surface area contributed by atoms with Gasteiger partial charge in [-0.05, 0) is 19.8 Å². The molecule has 0 radical (unpaired) electrons. The number of esters is 1. The molecule has 0 bridgehead atoms. The normalized spacial score (nSPS) is 11.1. The molecular weight excluding hydrogens is 262 g/mol. The lowest BCUT2D eigenvalue weighted by molar-refractivity contribution is 0.0451. The topological polar surface area (TPSA) is 95.9 Å². The monoisotopic (exact) mass is 279 g/mol. The van der Waals surface area contributed by atoms with Crippen LogP contribution in [0.25, 0.3) is 0 Å². The van der Waals surface area contributed by atoms with Gasteiger partial charge in [0, 0.05) is 0 Å². The Balaban J connectivity index is 2.11. The van der Waals surface area contributed by atoms with E-state index in [4.69, 9.17) is 4.74 Å². The first-order valence-corrected chi connectivity index (χ1v) is 6.34. The van der Waals surface area contributed by atoms with Gasteiger partial charge in [-0.25, -0.2) is 14.1 Å². The average molecular weight is 279 g/mol. The van der Waals surface area contributed by atoms with Gasteiger partial charge in [-0.15, -0.1) is 5.10 Å². The van der Waals surface area contributed by atoms with Gasteiger partial charge in [0.2, 0.25) is 0 Å². The molecule has 0 spiro atoms. The summed E-state index contributed by atoms with van der Waals surface area (Å²) in [6, 6.07) is 0. The van der Waals surface area contributed by atoms with Gasteiger partial charge in [-0.2, -0.15) is 0 Å². The molecule has 0 N–H and O–H groups in total. The molecule has 0 atom stereocenters. The first kappa shape index (κ1) is 14.2. The number of rotatable bonds is 5. The molecule has 0 saturated carbocycles. The summed E-state index contributed by atoms with van der Waals surface area (Å²) in [4.78, 5) is 11.9. The van der Waals surface area contributed by atoms with Crippen LogP contribution in [0.5, 0.6) is 0 Å². The quantitative estimate of drug-likeness (QED) is 0.757. The van der Waals surface area contributed by atoms with Gasteiger partial charge in [-0.3, -0.25) is 0 Å². The van der Waals surface area contributed by atoms with Crippen molar-refractivity contribution in [1.29, 1.82) is 0 Å². The van der Waals surface area contributed by atoms with E-state index in [1.807, 2.05) is 13.8 Å². The predicted molar refractivity (Wildman–Crippen MR) is 68.0 cm³/mol. The number of ether oxygens (including phenoxy) is 1. The molecule has 8 nitrogen and oxygen atoms in total. The van der Waals surface area contributed by atoms with E-state index < -0.39 is 5.97 Å². The molecule has 0 aliphatic rings. The summed E-state index contributed by atoms with van der Waals surface area (Å²) < 4.78 is 11.3. The van der Waals surface area contributed by atoms with E-state index in [0.29, 0.717) is 30.2 Å². The zero-order valence-corrected chi connectivity index (χ0v) is 12.0. The third-order valence-electron chi connectivity index (χ3n) is 2.77. The molecule has 0 saturated heterocycles. The SMILES string of the molecule is Cc1nonc1Cn1nnc(C(=O)OCC(C)C)c1C. The zero-order valence-electron chi connectivity index (χ0n) is 12.0. The number of hydrogen-bond acceptors (Lipinski definition) is 7. The Labute approximate surface area is 116 Å². The van der Waals surface area contributed by atoms with Crippen LogP contribution in [-0.2, 0) is 11.3 Å².